The zero-order valence-corrected chi connectivity index (χ0v) is 11.0. The summed E-state index contributed by atoms with van der Waals surface area (Å²) in [6, 6.07) is 3.86. The lowest BCUT2D eigenvalue weighted by molar-refractivity contribution is -0.137. The monoisotopic (exact) mass is 289 g/mol. The Morgan fingerprint density at radius 1 is 1.10 bits per heavy atom. The number of halogens is 3. The Bertz CT molecular complexity index is 418. The van der Waals surface area contributed by atoms with Crippen molar-refractivity contribution in [3.8, 4) is 0 Å². The van der Waals surface area contributed by atoms with Gasteiger partial charge in [0, 0.05) is 12.2 Å². The van der Waals surface area contributed by atoms with E-state index in [1.807, 2.05) is 0 Å². The van der Waals surface area contributed by atoms with Crippen LogP contribution in [0.15, 0.2) is 24.3 Å². The number of rotatable bonds is 6. The van der Waals surface area contributed by atoms with Gasteiger partial charge < -0.3 is 16.4 Å². The van der Waals surface area contributed by atoms with Gasteiger partial charge in [-0.05, 0) is 43.7 Å². The van der Waals surface area contributed by atoms with E-state index in [0.29, 0.717) is 18.8 Å². The summed E-state index contributed by atoms with van der Waals surface area (Å²) in [5, 5.41) is 5.09. The van der Waals surface area contributed by atoms with Crippen LogP contribution in [0.1, 0.15) is 24.8 Å². The molecule has 0 unspecified atom stereocenters. The Balaban J connectivity index is 2.35. The Hall–Kier alpha value is -1.76. The number of amides is 2. The summed E-state index contributed by atoms with van der Waals surface area (Å²) in [7, 11) is 0. The van der Waals surface area contributed by atoms with Crippen molar-refractivity contribution in [3.63, 3.8) is 0 Å². The van der Waals surface area contributed by atoms with Gasteiger partial charge in [0.05, 0.1) is 5.56 Å². The number of alkyl halides is 3. The van der Waals surface area contributed by atoms with E-state index in [-0.39, 0.29) is 0 Å². The standard InChI is InChI=1S/C13H18F3N3O/c14-13(15,16)10-4-6-11(7-5-10)19-12(20)18-9-3-1-2-8-17/h4-7H,1-3,8-9,17H2,(H2,18,19,20). The van der Waals surface area contributed by atoms with E-state index in [4.69, 9.17) is 5.73 Å². The van der Waals surface area contributed by atoms with Gasteiger partial charge in [0.25, 0.3) is 0 Å². The van der Waals surface area contributed by atoms with Gasteiger partial charge in [-0.1, -0.05) is 6.42 Å². The molecule has 0 aliphatic carbocycles. The molecule has 0 fully saturated rings. The maximum atomic E-state index is 12.3. The van der Waals surface area contributed by atoms with Crippen molar-refractivity contribution in [2.75, 3.05) is 18.4 Å². The highest BCUT2D eigenvalue weighted by atomic mass is 19.4. The quantitative estimate of drug-likeness (QED) is 0.705. The molecule has 1 aromatic rings. The van der Waals surface area contributed by atoms with E-state index in [1.54, 1.807) is 0 Å². The molecule has 7 heteroatoms. The summed E-state index contributed by atoms with van der Waals surface area (Å²) < 4.78 is 37.0. The molecular weight excluding hydrogens is 271 g/mol. The fourth-order valence-corrected chi connectivity index (χ4v) is 1.57. The van der Waals surface area contributed by atoms with Crippen LogP contribution in [0.5, 0.6) is 0 Å². The predicted molar refractivity (Wildman–Crippen MR) is 71.4 cm³/mol. The normalized spacial score (nSPS) is 11.2. The van der Waals surface area contributed by atoms with Gasteiger partial charge >= 0.3 is 12.2 Å². The Morgan fingerprint density at radius 2 is 1.75 bits per heavy atom. The highest BCUT2D eigenvalue weighted by molar-refractivity contribution is 5.89. The van der Waals surface area contributed by atoms with Crippen molar-refractivity contribution in [1.82, 2.24) is 5.32 Å². The molecule has 0 heterocycles. The van der Waals surface area contributed by atoms with E-state index in [1.165, 1.54) is 12.1 Å². The molecule has 4 N–H and O–H groups in total. The number of hydrogen-bond acceptors (Lipinski definition) is 2. The topological polar surface area (TPSA) is 67.1 Å². The number of nitrogens with two attached hydrogens (primary N) is 1. The lowest BCUT2D eigenvalue weighted by Crippen LogP contribution is -2.29. The van der Waals surface area contributed by atoms with Crippen molar-refractivity contribution in [2.24, 2.45) is 5.73 Å². The highest BCUT2D eigenvalue weighted by Crippen LogP contribution is 2.29. The first kappa shape index (κ1) is 16.3. The maximum absolute atomic E-state index is 12.3. The number of urea groups is 1. The van der Waals surface area contributed by atoms with Gasteiger partial charge in [0.2, 0.25) is 0 Å². The molecule has 1 rings (SSSR count). The average molecular weight is 289 g/mol. The number of benzene rings is 1. The average Bonchev–Trinajstić information content (AvgIpc) is 2.38. The zero-order valence-electron chi connectivity index (χ0n) is 11.0. The molecule has 0 saturated carbocycles. The predicted octanol–water partition coefficient (Wildman–Crippen LogP) is 2.96. The molecule has 0 spiro atoms. The third kappa shape index (κ3) is 5.92. The summed E-state index contributed by atoms with van der Waals surface area (Å²) in [5.74, 6) is 0. The molecule has 20 heavy (non-hydrogen) atoms. The Labute approximate surface area is 115 Å². The molecule has 0 atom stereocenters. The minimum atomic E-state index is -4.37. The van der Waals surface area contributed by atoms with Gasteiger partial charge in [-0.2, -0.15) is 13.2 Å². The van der Waals surface area contributed by atoms with Crippen LogP contribution >= 0.6 is 0 Å². The molecule has 112 valence electrons. The number of hydrogen-bond donors (Lipinski definition) is 3. The van der Waals surface area contributed by atoms with Crippen LogP contribution in [0.3, 0.4) is 0 Å². The van der Waals surface area contributed by atoms with Crippen molar-refractivity contribution in [1.29, 1.82) is 0 Å². The summed E-state index contributed by atoms with van der Waals surface area (Å²) in [6.45, 7) is 1.13. The van der Waals surface area contributed by atoms with E-state index < -0.39 is 17.8 Å². The molecule has 0 bridgehead atoms. The van der Waals surface area contributed by atoms with Crippen molar-refractivity contribution in [3.05, 3.63) is 29.8 Å². The van der Waals surface area contributed by atoms with Gasteiger partial charge in [-0.15, -0.1) is 0 Å². The SMILES string of the molecule is NCCCCCNC(=O)Nc1ccc(C(F)(F)F)cc1. The summed E-state index contributed by atoms with van der Waals surface area (Å²) in [5.41, 5.74) is 4.91. The van der Waals surface area contributed by atoms with Gasteiger partial charge in [0.15, 0.2) is 0 Å². The zero-order chi connectivity index (χ0) is 15.0. The lowest BCUT2D eigenvalue weighted by atomic mass is 10.2. The van der Waals surface area contributed by atoms with E-state index in [9.17, 15) is 18.0 Å². The molecule has 4 nitrogen and oxygen atoms in total. The fourth-order valence-electron chi connectivity index (χ4n) is 1.57. The molecule has 0 aliphatic heterocycles. The molecule has 0 aromatic heterocycles. The van der Waals surface area contributed by atoms with Crippen LogP contribution < -0.4 is 16.4 Å². The van der Waals surface area contributed by atoms with Crippen molar-refractivity contribution in [2.45, 2.75) is 25.4 Å². The van der Waals surface area contributed by atoms with E-state index >= 15 is 0 Å². The summed E-state index contributed by atoms with van der Waals surface area (Å²) in [6.07, 6.45) is -1.72. The Morgan fingerprint density at radius 3 is 2.30 bits per heavy atom. The minimum Gasteiger partial charge on any atom is -0.338 e. The maximum Gasteiger partial charge on any atom is 0.416 e. The second-order valence-electron chi connectivity index (χ2n) is 4.31. The number of anilines is 1. The molecule has 0 saturated heterocycles. The van der Waals surface area contributed by atoms with Crippen LogP contribution in [0.4, 0.5) is 23.7 Å². The first-order chi connectivity index (χ1) is 9.43. The number of carbonyl (C=O) groups excluding carboxylic acids is 1. The third-order valence-corrected chi connectivity index (χ3v) is 2.64. The number of nitrogens with one attached hydrogen (secondary N) is 2. The second kappa shape index (κ2) is 7.74. The van der Waals surface area contributed by atoms with Gasteiger partial charge in [-0.25, -0.2) is 4.79 Å². The largest absolute Gasteiger partial charge is 0.416 e. The first-order valence-corrected chi connectivity index (χ1v) is 6.35. The fraction of sp³-hybridized carbons (Fsp3) is 0.462. The van der Waals surface area contributed by atoms with Crippen LogP contribution in [-0.4, -0.2) is 19.1 Å². The van der Waals surface area contributed by atoms with Crippen molar-refractivity contribution >= 4 is 11.7 Å². The summed E-state index contributed by atoms with van der Waals surface area (Å²) >= 11 is 0. The molecule has 1 aromatic carbocycles. The second-order valence-corrected chi connectivity index (χ2v) is 4.31. The van der Waals surface area contributed by atoms with Crippen molar-refractivity contribution < 1.29 is 18.0 Å². The Kier molecular flexibility index (Phi) is 6.30. The summed E-state index contributed by atoms with van der Waals surface area (Å²) in [4.78, 5) is 11.5. The molecular formula is C13H18F3N3O. The third-order valence-electron chi connectivity index (χ3n) is 2.64. The number of carbonyl (C=O) groups is 1. The molecule has 0 radical (unpaired) electrons. The van der Waals surface area contributed by atoms with Crippen LogP contribution in [-0.2, 0) is 6.18 Å². The minimum absolute atomic E-state index is 0.317. The highest BCUT2D eigenvalue weighted by Gasteiger charge is 2.29. The smallest absolute Gasteiger partial charge is 0.338 e. The first-order valence-electron chi connectivity index (χ1n) is 6.35. The number of unbranched alkanes of at least 4 members (excludes halogenated alkanes) is 2. The van der Waals surface area contributed by atoms with Crippen LogP contribution in [0.25, 0.3) is 0 Å². The van der Waals surface area contributed by atoms with Crippen LogP contribution in [0, 0.1) is 0 Å². The van der Waals surface area contributed by atoms with E-state index in [0.717, 1.165) is 31.4 Å². The molecule has 0 aliphatic rings. The van der Waals surface area contributed by atoms with Gasteiger partial charge in [0.1, 0.15) is 0 Å². The van der Waals surface area contributed by atoms with Gasteiger partial charge in [-0.3, -0.25) is 0 Å². The molecule has 2 amide bonds. The van der Waals surface area contributed by atoms with E-state index in [2.05, 4.69) is 10.6 Å². The lowest BCUT2D eigenvalue weighted by Gasteiger charge is -2.09. The van der Waals surface area contributed by atoms with Crippen LogP contribution in [0.2, 0.25) is 0 Å².